The molecule has 0 bridgehead atoms. The lowest BCUT2D eigenvalue weighted by atomic mass is 9.93. The van der Waals surface area contributed by atoms with Crippen molar-refractivity contribution in [1.82, 2.24) is 24.9 Å². The molecule has 49 heavy (non-hydrogen) atoms. The second-order valence-corrected chi connectivity index (χ2v) is 12.8. The first-order chi connectivity index (χ1) is 23.7. The maximum atomic E-state index is 14.5. The highest BCUT2D eigenvalue weighted by Crippen LogP contribution is 2.29. The van der Waals surface area contributed by atoms with E-state index in [-0.39, 0.29) is 24.5 Å². The van der Waals surface area contributed by atoms with Crippen LogP contribution in [0.15, 0.2) is 78.9 Å². The Labute approximate surface area is 289 Å². The number of fused-ring (bicyclic) bond motifs is 1. The van der Waals surface area contributed by atoms with Crippen LogP contribution in [-0.4, -0.2) is 68.3 Å². The van der Waals surface area contributed by atoms with Gasteiger partial charge in [0.15, 0.2) is 5.69 Å². The van der Waals surface area contributed by atoms with Gasteiger partial charge in [-0.3, -0.25) is 9.59 Å². The van der Waals surface area contributed by atoms with Gasteiger partial charge in [-0.15, -0.1) is 0 Å². The molecule has 0 aliphatic carbocycles. The van der Waals surface area contributed by atoms with Gasteiger partial charge < -0.3 is 25.5 Å². The van der Waals surface area contributed by atoms with E-state index in [0.29, 0.717) is 54.4 Å². The number of rotatable bonds is 13. The SMILES string of the molecule is CCCCN(CCCC)C(=O)c1cc(C)n(-c2ccc(NC(=O)NC(C)c3ccccc3)cc2C(=O)N2Cc3ccccc3CC2CO)n1. The number of benzene rings is 3. The van der Waals surface area contributed by atoms with Crippen LogP contribution in [0.25, 0.3) is 5.69 Å². The number of aromatic nitrogens is 2. The monoisotopic (exact) mass is 664 g/mol. The summed E-state index contributed by atoms with van der Waals surface area (Å²) >= 11 is 0. The van der Waals surface area contributed by atoms with Crippen LogP contribution in [0.4, 0.5) is 10.5 Å². The predicted molar refractivity (Wildman–Crippen MR) is 192 cm³/mol. The molecule has 10 heteroatoms. The Kier molecular flexibility index (Phi) is 11.9. The summed E-state index contributed by atoms with van der Waals surface area (Å²) in [5, 5.41) is 21.0. The molecule has 258 valence electrons. The molecule has 0 spiro atoms. The number of hydrogen-bond acceptors (Lipinski definition) is 5. The molecule has 1 aromatic heterocycles. The summed E-state index contributed by atoms with van der Waals surface area (Å²) in [4.78, 5) is 44.9. The normalized spacial score (nSPS) is 14.6. The first kappa shape index (κ1) is 35.3. The number of unbranched alkanes of at least 4 members (excludes halogenated alkanes) is 2. The maximum Gasteiger partial charge on any atom is 0.319 e. The molecule has 4 aromatic rings. The minimum Gasteiger partial charge on any atom is -0.394 e. The van der Waals surface area contributed by atoms with Gasteiger partial charge in [-0.1, -0.05) is 81.3 Å². The fourth-order valence-electron chi connectivity index (χ4n) is 6.30. The quantitative estimate of drug-likeness (QED) is 0.148. The third-order valence-electron chi connectivity index (χ3n) is 9.14. The Morgan fingerprint density at radius 2 is 1.61 bits per heavy atom. The van der Waals surface area contributed by atoms with Gasteiger partial charge in [0.1, 0.15) is 0 Å². The zero-order valence-corrected chi connectivity index (χ0v) is 29.0. The molecule has 1 aliphatic rings. The van der Waals surface area contributed by atoms with Crippen molar-refractivity contribution in [3.63, 3.8) is 0 Å². The van der Waals surface area contributed by atoms with Crippen molar-refractivity contribution in [3.8, 4) is 5.69 Å². The molecule has 0 saturated heterocycles. The van der Waals surface area contributed by atoms with Gasteiger partial charge in [-0.25, -0.2) is 9.48 Å². The van der Waals surface area contributed by atoms with Crippen LogP contribution < -0.4 is 10.6 Å². The third kappa shape index (κ3) is 8.37. The smallest absolute Gasteiger partial charge is 0.319 e. The van der Waals surface area contributed by atoms with Gasteiger partial charge in [0.2, 0.25) is 0 Å². The van der Waals surface area contributed by atoms with Gasteiger partial charge in [0.05, 0.1) is 29.9 Å². The van der Waals surface area contributed by atoms with Gasteiger partial charge >= 0.3 is 6.03 Å². The van der Waals surface area contributed by atoms with Crippen molar-refractivity contribution < 1.29 is 19.5 Å². The molecular weight excluding hydrogens is 616 g/mol. The van der Waals surface area contributed by atoms with Gasteiger partial charge in [0.25, 0.3) is 11.8 Å². The van der Waals surface area contributed by atoms with Crippen molar-refractivity contribution in [2.45, 2.75) is 78.4 Å². The summed E-state index contributed by atoms with van der Waals surface area (Å²) < 4.78 is 1.63. The molecule has 3 aromatic carbocycles. The zero-order chi connectivity index (χ0) is 34.9. The van der Waals surface area contributed by atoms with Crippen molar-refractivity contribution in [3.05, 3.63) is 113 Å². The van der Waals surface area contributed by atoms with Crippen molar-refractivity contribution >= 4 is 23.5 Å². The zero-order valence-electron chi connectivity index (χ0n) is 29.0. The number of carbonyl (C=O) groups excluding carboxylic acids is 3. The summed E-state index contributed by atoms with van der Waals surface area (Å²) in [5.74, 6) is -0.437. The summed E-state index contributed by atoms with van der Waals surface area (Å²) in [5.41, 5.74) is 5.31. The van der Waals surface area contributed by atoms with Crippen LogP contribution in [0.3, 0.4) is 0 Å². The fraction of sp³-hybridized carbons (Fsp3) is 0.385. The minimum absolute atomic E-state index is 0.132. The summed E-state index contributed by atoms with van der Waals surface area (Å²) in [6.07, 6.45) is 4.30. The molecule has 10 nitrogen and oxygen atoms in total. The Bertz CT molecular complexity index is 1750. The van der Waals surface area contributed by atoms with E-state index in [1.54, 1.807) is 33.8 Å². The van der Waals surface area contributed by atoms with Gasteiger partial charge in [-0.2, -0.15) is 5.10 Å². The predicted octanol–water partition coefficient (Wildman–Crippen LogP) is 6.67. The number of carbonyl (C=O) groups is 3. The maximum absolute atomic E-state index is 14.5. The topological polar surface area (TPSA) is 120 Å². The number of hydrogen-bond donors (Lipinski definition) is 3. The number of nitrogens with one attached hydrogen (secondary N) is 2. The number of amides is 4. The van der Waals surface area contributed by atoms with Crippen molar-refractivity contribution in [2.75, 3.05) is 25.0 Å². The van der Waals surface area contributed by atoms with Crippen LogP contribution in [-0.2, 0) is 13.0 Å². The molecule has 2 atom stereocenters. The molecule has 0 fully saturated rings. The fourth-order valence-corrected chi connectivity index (χ4v) is 6.30. The van der Waals surface area contributed by atoms with E-state index in [1.165, 1.54) is 0 Å². The van der Waals surface area contributed by atoms with Crippen LogP contribution in [0, 0.1) is 6.92 Å². The summed E-state index contributed by atoms with van der Waals surface area (Å²) in [7, 11) is 0. The molecule has 5 rings (SSSR count). The average molecular weight is 665 g/mol. The second kappa shape index (κ2) is 16.4. The third-order valence-corrected chi connectivity index (χ3v) is 9.14. The van der Waals surface area contributed by atoms with Gasteiger partial charge in [-0.05, 0) is 74.1 Å². The average Bonchev–Trinajstić information content (AvgIpc) is 3.51. The molecule has 0 radical (unpaired) electrons. The number of aliphatic hydroxyl groups excluding tert-OH is 1. The highest BCUT2D eigenvalue weighted by Gasteiger charge is 2.32. The van der Waals surface area contributed by atoms with Crippen LogP contribution in [0.5, 0.6) is 0 Å². The second-order valence-electron chi connectivity index (χ2n) is 12.8. The standard InChI is InChI=1S/C39H48N6O4/c1-5-7-20-43(21-8-6-2)38(48)35-22-27(3)45(42-35)36-19-18-32(41-39(49)40-28(4)29-14-10-9-11-15-29)24-34(36)37(47)44-25-31-17-13-12-16-30(31)23-33(44)26-46/h9-19,22,24,28,33,46H,5-8,20-21,23,25-26H2,1-4H3,(H2,40,41,49). The molecular formula is C39H48N6O4. The summed E-state index contributed by atoms with van der Waals surface area (Å²) in [6.45, 7) is 9.43. The lowest BCUT2D eigenvalue weighted by Gasteiger charge is -2.36. The van der Waals surface area contributed by atoms with Crippen molar-refractivity contribution in [2.24, 2.45) is 0 Å². The van der Waals surface area contributed by atoms with Crippen molar-refractivity contribution in [1.29, 1.82) is 0 Å². The van der Waals surface area contributed by atoms with E-state index >= 15 is 0 Å². The van der Waals surface area contributed by atoms with E-state index < -0.39 is 12.1 Å². The molecule has 2 heterocycles. The van der Waals surface area contributed by atoms with E-state index in [2.05, 4.69) is 24.5 Å². The first-order valence-corrected chi connectivity index (χ1v) is 17.3. The molecule has 0 saturated carbocycles. The Morgan fingerprint density at radius 3 is 2.29 bits per heavy atom. The Morgan fingerprint density at radius 1 is 0.939 bits per heavy atom. The highest BCUT2D eigenvalue weighted by atomic mass is 16.3. The molecule has 4 amide bonds. The first-order valence-electron chi connectivity index (χ1n) is 17.3. The number of nitrogens with zero attached hydrogens (tertiary/aromatic N) is 4. The lowest BCUT2D eigenvalue weighted by molar-refractivity contribution is 0.0544. The van der Waals surface area contributed by atoms with Crippen LogP contribution in [0.2, 0.25) is 0 Å². The number of urea groups is 1. The number of anilines is 1. The highest BCUT2D eigenvalue weighted by molar-refractivity contribution is 6.00. The molecule has 1 aliphatic heterocycles. The van der Waals surface area contributed by atoms with E-state index in [4.69, 9.17) is 5.10 Å². The van der Waals surface area contributed by atoms with E-state index in [9.17, 15) is 19.5 Å². The van der Waals surface area contributed by atoms with E-state index in [1.807, 2.05) is 73.3 Å². The Balaban J connectivity index is 1.49. The molecule has 3 N–H and O–H groups in total. The minimum atomic E-state index is -0.427. The summed E-state index contributed by atoms with van der Waals surface area (Å²) in [6, 6.07) is 23.4. The van der Waals surface area contributed by atoms with Gasteiger partial charge in [0, 0.05) is 31.0 Å². The van der Waals surface area contributed by atoms with Crippen LogP contribution in [0.1, 0.15) is 95.7 Å². The Hall–Kier alpha value is -4.96. The van der Waals surface area contributed by atoms with E-state index in [0.717, 1.165) is 42.4 Å². The number of aryl methyl sites for hydroxylation is 1. The largest absolute Gasteiger partial charge is 0.394 e. The molecule has 2 unspecified atom stereocenters. The lowest BCUT2D eigenvalue weighted by Crippen LogP contribution is -2.46. The van der Waals surface area contributed by atoms with Crippen LogP contribution >= 0.6 is 0 Å². The number of aliphatic hydroxyl groups is 1.